The van der Waals surface area contributed by atoms with Gasteiger partial charge in [-0.25, -0.2) is 0 Å². The lowest BCUT2D eigenvalue weighted by atomic mass is 10.0. The molecule has 0 saturated carbocycles. The molecule has 0 aliphatic heterocycles. The number of hydrogen-bond donors (Lipinski definition) is 1. The van der Waals surface area contributed by atoms with Gasteiger partial charge in [0.05, 0.1) is 6.61 Å². The Bertz CT molecular complexity index is 258. The first-order valence-electron chi connectivity index (χ1n) is 4.57. The van der Waals surface area contributed by atoms with E-state index in [1.807, 2.05) is 38.1 Å². The number of hydrogen-bond acceptors (Lipinski definition) is 2. The van der Waals surface area contributed by atoms with E-state index < -0.39 is 6.10 Å². The van der Waals surface area contributed by atoms with Gasteiger partial charge in [-0.1, -0.05) is 24.3 Å². The van der Waals surface area contributed by atoms with E-state index in [1.54, 1.807) is 0 Å². The molecule has 2 heteroatoms. The van der Waals surface area contributed by atoms with E-state index in [2.05, 4.69) is 0 Å². The minimum atomic E-state index is -0.499. The van der Waals surface area contributed by atoms with E-state index in [4.69, 9.17) is 4.74 Å². The topological polar surface area (TPSA) is 29.5 Å². The first kappa shape index (κ1) is 10.2. The van der Waals surface area contributed by atoms with Crippen LogP contribution in [0.4, 0.5) is 0 Å². The molecule has 0 fully saturated rings. The largest absolute Gasteiger partial charge is 0.386 e. The van der Waals surface area contributed by atoms with Crippen LogP contribution in [-0.2, 0) is 4.74 Å². The zero-order chi connectivity index (χ0) is 9.68. The van der Waals surface area contributed by atoms with Gasteiger partial charge in [-0.15, -0.1) is 0 Å². The summed E-state index contributed by atoms with van der Waals surface area (Å²) in [5, 5.41) is 9.71. The van der Waals surface area contributed by atoms with E-state index in [0.29, 0.717) is 13.2 Å². The number of aryl methyl sites for hydroxylation is 1. The Morgan fingerprint density at radius 2 is 2.08 bits per heavy atom. The Morgan fingerprint density at radius 1 is 1.38 bits per heavy atom. The van der Waals surface area contributed by atoms with Crippen molar-refractivity contribution in [1.29, 1.82) is 0 Å². The molecule has 0 aromatic heterocycles. The zero-order valence-electron chi connectivity index (χ0n) is 8.16. The van der Waals surface area contributed by atoms with Crippen LogP contribution in [0.15, 0.2) is 24.3 Å². The van der Waals surface area contributed by atoms with Crippen LogP contribution in [0.1, 0.15) is 24.2 Å². The zero-order valence-corrected chi connectivity index (χ0v) is 8.16. The lowest BCUT2D eigenvalue weighted by Crippen LogP contribution is -2.08. The second-order valence-corrected chi connectivity index (χ2v) is 3.03. The molecule has 0 amide bonds. The molecule has 1 atom stereocenters. The molecular weight excluding hydrogens is 164 g/mol. The number of aliphatic hydroxyl groups excluding tert-OH is 1. The second-order valence-electron chi connectivity index (χ2n) is 3.03. The van der Waals surface area contributed by atoms with Crippen LogP contribution in [0.5, 0.6) is 0 Å². The molecule has 0 heterocycles. The molecule has 0 radical (unpaired) electrons. The van der Waals surface area contributed by atoms with Crippen molar-refractivity contribution in [2.24, 2.45) is 0 Å². The lowest BCUT2D eigenvalue weighted by Gasteiger charge is -2.12. The van der Waals surface area contributed by atoms with Crippen molar-refractivity contribution in [3.63, 3.8) is 0 Å². The molecule has 0 aliphatic carbocycles. The Balaban J connectivity index is 2.65. The highest BCUT2D eigenvalue weighted by atomic mass is 16.5. The van der Waals surface area contributed by atoms with Gasteiger partial charge in [0.1, 0.15) is 6.10 Å². The monoisotopic (exact) mass is 180 g/mol. The normalized spacial score (nSPS) is 12.8. The fourth-order valence-electron chi connectivity index (χ4n) is 1.28. The van der Waals surface area contributed by atoms with Gasteiger partial charge in [0.15, 0.2) is 0 Å². The first-order chi connectivity index (χ1) is 6.25. The van der Waals surface area contributed by atoms with Crippen LogP contribution in [0.3, 0.4) is 0 Å². The second kappa shape index (κ2) is 5.00. The van der Waals surface area contributed by atoms with Gasteiger partial charge in [0.25, 0.3) is 0 Å². The highest BCUT2D eigenvalue weighted by Gasteiger charge is 2.08. The van der Waals surface area contributed by atoms with Crippen LogP contribution in [0.2, 0.25) is 0 Å². The molecule has 1 aromatic carbocycles. The highest BCUT2D eigenvalue weighted by Crippen LogP contribution is 2.16. The highest BCUT2D eigenvalue weighted by molar-refractivity contribution is 5.27. The van der Waals surface area contributed by atoms with Crippen LogP contribution in [0, 0.1) is 6.92 Å². The fraction of sp³-hybridized carbons (Fsp3) is 0.455. The van der Waals surface area contributed by atoms with Crippen molar-refractivity contribution < 1.29 is 9.84 Å². The standard InChI is InChI=1S/C11H16O2/c1-3-13-8-11(12)10-7-5-4-6-9(10)2/h4-7,11-12H,3,8H2,1-2H3. The maximum Gasteiger partial charge on any atom is 0.103 e. The molecule has 2 nitrogen and oxygen atoms in total. The third-order valence-corrected chi connectivity index (χ3v) is 2.03. The molecule has 13 heavy (non-hydrogen) atoms. The molecule has 1 rings (SSSR count). The maximum atomic E-state index is 9.71. The van der Waals surface area contributed by atoms with Gasteiger partial charge in [-0.05, 0) is 25.0 Å². The summed E-state index contributed by atoms with van der Waals surface area (Å²) in [4.78, 5) is 0. The molecule has 72 valence electrons. The molecule has 0 spiro atoms. The van der Waals surface area contributed by atoms with E-state index >= 15 is 0 Å². The van der Waals surface area contributed by atoms with E-state index in [1.165, 1.54) is 0 Å². The Kier molecular flexibility index (Phi) is 3.93. The molecule has 0 saturated heterocycles. The van der Waals surface area contributed by atoms with Crippen molar-refractivity contribution >= 4 is 0 Å². The summed E-state index contributed by atoms with van der Waals surface area (Å²) < 4.78 is 5.15. The predicted molar refractivity (Wildman–Crippen MR) is 52.6 cm³/mol. The molecule has 1 aromatic rings. The fourth-order valence-corrected chi connectivity index (χ4v) is 1.28. The van der Waals surface area contributed by atoms with Crippen LogP contribution < -0.4 is 0 Å². The number of rotatable bonds is 4. The Morgan fingerprint density at radius 3 is 2.69 bits per heavy atom. The number of aliphatic hydroxyl groups is 1. The Hall–Kier alpha value is -0.860. The molecule has 1 N–H and O–H groups in total. The maximum absolute atomic E-state index is 9.71. The summed E-state index contributed by atoms with van der Waals surface area (Å²) >= 11 is 0. The molecular formula is C11H16O2. The van der Waals surface area contributed by atoms with Crippen LogP contribution in [-0.4, -0.2) is 18.3 Å². The first-order valence-corrected chi connectivity index (χ1v) is 4.57. The average molecular weight is 180 g/mol. The van der Waals surface area contributed by atoms with Gasteiger partial charge >= 0.3 is 0 Å². The third kappa shape index (κ3) is 2.83. The van der Waals surface area contributed by atoms with E-state index in [9.17, 15) is 5.11 Å². The van der Waals surface area contributed by atoms with Crippen molar-refractivity contribution in [2.75, 3.05) is 13.2 Å². The summed E-state index contributed by atoms with van der Waals surface area (Å²) in [7, 11) is 0. The minimum absolute atomic E-state index is 0.376. The van der Waals surface area contributed by atoms with E-state index in [0.717, 1.165) is 11.1 Å². The molecule has 0 bridgehead atoms. The van der Waals surface area contributed by atoms with Crippen molar-refractivity contribution in [3.8, 4) is 0 Å². The smallest absolute Gasteiger partial charge is 0.103 e. The van der Waals surface area contributed by atoms with Gasteiger partial charge in [0.2, 0.25) is 0 Å². The third-order valence-electron chi connectivity index (χ3n) is 2.03. The minimum Gasteiger partial charge on any atom is -0.386 e. The summed E-state index contributed by atoms with van der Waals surface area (Å²) in [5.74, 6) is 0. The van der Waals surface area contributed by atoms with Crippen molar-refractivity contribution in [2.45, 2.75) is 20.0 Å². The molecule has 1 unspecified atom stereocenters. The summed E-state index contributed by atoms with van der Waals surface area (Å²) in [5.41, 5.74) is 2.06. The summed E-state index contributed by atoms with van der Waals surface area (Å²) in [6.45, 7) is 4.93. The number of benzene rings is 1. The van der Waals surface area contributed by atoms with Gasteiger partial charge in [-0.2, -0.15) is 0 Å². The van der Waals surface area contributed by atoms with Gasteiger partial charge in [0, 0.05) is 6.61 Å². The summed E-state index contributed by atoms with van der Waals surface area (Å²) in [6, 6.07) is 7.81. The van der Waals surface area contributed by atoms with E-state index in [-0.39, 0.29) is 0 Å². The lowest BCUT2D eigenvalue weighted by molar-refractivity contribution is 0.0417. The average Bonchev–Trinajstić information content (AvgIpc) is 2.15. The SMILES string of the molecule is CCOCC(O)c1ccccc1C. The number of ether oxygens (including phenoxy) is 1. The molecule has 0 aliphatic rings. The Labute approximate surface area is 79.2 Å². The summed E-state index contributed by atoms with van der Waals surface area (Å²) in [6.07, 6.45) is -0.499. The van der Waals surface area contributed by atoms with Crippen molar-refractivity contribution in [1.82, 2.24) is 0 Å². The van der Waals surface area contributed by atoms with Crippen LogP contribution >= 0.6 is 0 Å². The van der Waals surface area contributed by atoms with Gasteiger partial charge in [-0.3, -0.25) is 0 Å². The van der Waals surface area contributed by atoms with Crippen LogP contribution in [0.25, 0.3) is 0 Å². The predicted octanol–water partition coefficient (Wildman–Crippen LogP) is 2.06. The van der Waals surface area contributed by atoms with Gasteiger partial charge < -0.3 is 9.84 Å². The van der Waals surface area contributed by atoms with Crippen molar-refractivity contribution in [3.05, 3.63) is 35.4 Å². The quantitative estimate of drug-likeness (QED) is 0.768.